The van der Waals surface area contributed by atoms with Gasteiger partial charge in [-0.3, -0.25) is 13.8 Å². The third-order valence-corrected chi connectivity index (χ3v) is 7.74. The van der Waals surface area contributed by atoms with Crippen LogP contribution in [0.1, 0.15) is 16.7 Å². The molecule has 1 N–H and O–H groups in total. The quantitative estimate of drug-likeness (QED) is 0.152. The molecule has 0 bridgehead atoms. The van der Waals surface area contributed by atoms with Crippen LogP contribution in [0, 0.1) is 0 Å². The van der Waals surface area contributed by atoms with Crippen LogP contribution >= 0.6 is 7.75 Å². The number of nitrogens with one attached hydrogen (secondary N) is 1. The summed E-state index contributed by atoms with van der Waals surface area (Å²) in [6.45, 7) is 0.635. The second-order valence-corrected chi connectivity index (χ2v) is 11.4. The van der Waals surface area contributed by atoms with E-state index in [1.165, 1.54) is 0 Å². The van der Waals surface area contributed by atoms with Gasteiger partial charge in [0.2, 0.25) is 0 Å². The van der Waals surface area contributed by atoms with Crippen molar-refractivity contribution in [3.05, 3.63) is 102 Å². The largest absolute Gasteiger partial charge is 0.497 e. The molecule has 1 atom stereocenters. The molecule has 0 aliphatic carbocycles. The van der Waals surface area contributed by atoms with Gasteiger partial charge in [0, 0.05) is 18.1 Å². The number of rotatable bonds is 15. The van der Waals surface area contributed by atoms with E-state index < -0.39 is 13.7 Å². The number of benzene rings is 3. The first-order valence-corrected chi connectivity index (χ1v) is 14.6. The summed E-state index contributed by atoms with van der Waals surface area (Å²) in [5, 5.41) is 3.71. The molecular weight excluding hydrogens is 529 g/mol. The van der Waals surface area contributed by atoms with E-state index in [9.17, 15) is 9.36 Å². The molecule has 4 rings (SSSR count). The van der Waals surface area contributed by atoms with Crippen LogP contribution < -0.4 is 9.82 Å². The predicted octanol–water partition coefficient (Wildman–Crippen LogP) is 5.39. The van der Waals surface area contributed by atoms with Crippen LogP contribution in [0.15, 0.2) is 85.1 Å². The lowest BCUT2D eigenvalue weighted by Gasteiger charge is -2.20. The molecule has 0 aliphatic heterocycles. The minimum atomic E-state index is -3.92. The van der Waals surface area contributed by atoms with Crippen molar-refractivity contribution < 1.29 is 27.9 Å². The maximum absolute atomic E-state index is 13.8. The number of likely N-dealkylation sites (N-methyl/N-ethyl adjacent to an activating group) is 1. The minimum Gasteiger partial charge on any atom is -0.497 e. The van der Waals surface area contributed by atoms with Crippen molar-refractivity contribution in [1.82, 2.24) is 14.6 Å². The van der Waals surface area contributed by atoms with Crippen LogP contribution in [0.5, 0.6) is 5.75 Å². The summed E-state index contributed by atoms with van der Waals surface area (Å²) in [5.41, 5.74) is 3.70. The molecule has 1 heterocycles. The van der Waals surface area contributed by atoms with E-state index in [2.05, 4.69) is 9.99 Å². The van der Waals surface area contributed by atoms with E-state index >= 15 is 0 Å². The first-order valence-electron chi connectivity index (χ1n) is 13.0. The molecular formula is C30H36N3O6P. The van der Waals surface area contributed by atoms with Crippen LogP contribution in [-0.4, -0.2) is 49.7 Å². The summed E-state index contributed by atoms with van der Waals surface area (Å²) in [7, 11) is 1.77. The topological polar surface area (TPSA) is 91.3 Å². The Bertz CT molecular complexity index is 1430. The lowest BCUT2D eigenvalue weighted by molar-refractivity contribution is -0.143. The van der Waals surface area contributed by atoms with E-state index in [1.807, 2.05) is 104 Å². The molecule has 40 heavy (non-hydrogen) atoms. The number of carbonyl (C=O) groups excluding carboxylic acids is 1. The second-order valence-electron chi connectivity index (χ2n) is 9.56. The molecule has 0 fully saturated rings. The van der Waals surface area contributed by atoms with Gasteiger partial charge in [0.05, 0.1) is 19.2 Å². The number of aromatic nitrogens is 1. The molecule has 0 radical (unpaired) electrons. The number of fused-ring (bicyclic) bond motifs is 1. The third kappa shape index (κ3) is 8.52. The van der Waals surface area contributed by atoms with Gasteiger partial charge in [-0.25, -0.2) is 9.65 Å². The number of hydrogen-bond donors (Lipinski definition) is 1. The molecule has 0 saturated heterocycles. The monoisotopic (exact) mass is 565 g/mol. The van der Waals surface area contributed by atoms with Crippen molar-refractivity contribution >= 4 is 24.6 Å². The zero-order valence-electron chi connectivity index (χ0n) is 23.1. The van der Waals surface area contributed by atoms with Crippen LogP contribution in [-0.2, 0) is 49.5 Å². The van der Waals surface area contributed by atoms with Gasteiger partial charge in [0.1, 0.15) is 25.6 Å². The fraction of sp³-hybridized carbons (Fsp3) is 0.300. The van der Waals surface area contributed by atoms with E-state index in [0.717, 1.165) is 46.3 Å². The Hall–Kier alpha value is -3.46. The van der Waals surface area contributed by atoms with Crippen molar-refractivity contribution in [1.29, 1.82) is 0 Å². The van der Waals surface area contributed by atoms with Crippen molar-refractivity contribution in [2.75, 3.05) is 34.3 Å². The summed E-state index contributed by atoms with van der Waals surface area (Å²) in [6.07, 6.45) is 2.81. The fourth-order valence-corrected chi connectivity index (χ4v) is 5.25. The molecule has 3 aromatic carbocycles. The van der Waals surface area contributed by atoms with Gasteiger partial charge in [0.25, 0.3) is 0 Å². The van der Waals surface area contributed by atoms with Crippen molar-refractivity contribution in [2.24, 2.45) is 0 Å². The zero-order valence-corrected chi connectivity index (χ0v) is 24.0. The molecule has 0 amide bonds. The number of carbonyl (C=O) groups is 1. The summed E-state index contributed by atoms with van der Waals surface area (Å²) in [6, 6.07) is 24.5. The third-order valence-electron chi connectivity index (χ3n) is 6.27. The molecule has 0 aliphatic rings. The number of methoxy groups -OCH3 is 1. The highest BCUT2D eigenvalue weighted by molar-refractivity contribution is 7.51. The Morgan fingerprint density at radius 2 is 1.60 bits per heavy atom. The van der Waals surface area contributed by atoms with Gasteiger partial charge in [-0.05, 0) is 55.4 Å². The number of nitrogens with zero attached hydrogens (tertiary/aromatic N) is 2. The minimum absolute atomic E-state index is 0.0435. The van der Waals surface area contributed by atoms with Crippen molar-refractivity contribution in [3.63, 3.8) is 0 Å². The molecule has 4 aromatic rings. The first kappa shape index (κ1) is 29.5. The summed E-state index contributed by atoms with van der Waals surface area (Å²) >= 11 is 0. The molecule has 9 nitrogen and oxygen atoms in total. The Labute approximate surface area is 235 Å². The molecule has 1 unspecified atom stereocenters. The normalized spacial score (nSPS) is 12.9. The lowest BCUT2D eigenvalue weighted by atomic mass is 10.1. The highest BCUT2D eigenvalue weighted by Crippen LogP contribution is 2.45. The highest BCUT2D eigenvalue weighted by Gasteiger charge is 2.27. The fourth-order valence-electron chi connectivity index (χ4n) is 4.08. The van der Waals surface area contributed by atoms with Gasteiger partial charge < -0.3 is 18.9 Å². The Balaban J connectivity index is 1.48. The Morgan fingerprint density at radius 1 is 0.925 bits per heavy atom. The van der Waals surface area contributed by atoms with Gasteiger partial charge in [-0.1, -0.05) is 60.7 Å². The Kier molecular flexibility index (Phi) is 10.5. The lowest BCUT2D eigenvalue weighted by Crippen LogP contribution is -2.24. The van der Waals surface area contributed by atoms with Crippen molar-refractivity contribution in [3.8, 4) is 5.75 Å². The van der Waals surface area contributed by atoms with Crippen LogP contribution in [0.2, 0.25) is 0 Å². The van der Waals surface area contributed by atoms with E-state index in [-0.39, 0.29) is 26.5 Å². The molecule has 0 saturated carbocycles. The SMILES string of the molecule is COc1ccc2c(c1)c(CCN(C)C)cn2COP(=O)(NCC(=O)OCc1ccccc1)OCc1ccccc1. The number of ether oxygens (including phenoxy) is 2. The standard InChI is InChI=1S/C30H36N3O6P/c1-32(2)17-16-26-20-33(29-15-14-27(36-3)18-28(26)29)23-39-40(35,38-22-25-12-8-5-9-13-25)31-19-30(34)37-21-24-10-6-4-7-11-24/h4-15,18,20H,16-17,19,21-23H2,1-3H3,(H,31,35). The van der Waals surface area contributed by atoms with Gasteiger partial charge in [-0.2, -0.15) is 0 Å². The van der Waals surface area contributed by atoms with E-state index in [4.69, 9.17) is 18.5 Å². The van der Waals surface area contributed by atoms with E-state index in [1.54, 1.807) is 7.11 Å². The average molecular weight is 566 g/mol. The average Bonchev–Trinajstić information content (AvgIpc) is 3.33. The summed E-state index contributed by atoms with van der Waals surface area (Å²) < 4.78 is 38.1. The Morgan fingerprint density at radius 3 is 2.25 bits per heavy atom. The smallest absolute Gasteiger partial charge is 0.408 e. The van der Waals surface area contributed by atoms with Crippen LogP contribution in [0.25, 0.3) is 10.9 Å². The first-order chi connectivity index (χ1) is 19.3. The van der Waals surface area contributed by atoms with Gasteiger partial charge >= 0.3 is 13.7 Å². The molecule has 0 spiro atoms. The maximum Gasteiger partial charge on any atom is 0.408 e. The van der Waals surface area contributed by atoms with Crippen LogP contribution in [0.4, 0.5) is 0 Å². The molecule has 1 aromatic heterocycles. The highest BCUT2D eigenvalue weighted by atomic mass is 31.2. The summed E-state index contributed by atoms with van der Waals surface area (Å²) in [5.74, 6) is 0.185. The van der Waals surface area contributed by atoms with Crippen molar-refractivity contribution in [2.45, 2.75) is 26.4 Å². The molecule has 10 heteroatoms. The van der Waals surface area contributed by atoms with Gasteiger partial charge in [-0.15, -0.1) is 0 Å². The predicted molar refractivity (Wildman–Crippen MR) is 155 cm³/mol. The zero-order chi connectivity index (χ0) is 28.4. The number of esters is 1. The maximum atomic E-state index is 13.8. The van der Waals surface area contributed by atoms with Gasteiger partial charge in [0.15, 0.2) is 0 Å². The number of hydrogen-bond acceptors (Lipinski definition) is 7. The van der Waals surface area contributed by atoms with E-state index in [0.29, 0.717) is 0 Å². The summed E-state index contributed by atoms with van der Waals surface area (Å²) in [4.78, 5) is 14.6. The van der Waals surface area contributed by atoms with Crippen LogP contribution in [0.3, 0.4) is 0 Å². The second kappa shape index (κ2) is 14.3. The molecule has 212 valence electrons.